The van der Waals surface area contributed by atoms with E-state index in [0.717, 1.165) is 25.7 Å². The van der Waals surface area contributed by atoms with Crippen LogP contribution in [0.15, 0.2) is 48.5 Å². The van der Waals surface area contributed by atoms with E-state index in [4.69, 9.17) is 9.84 Å². The number of ether oxygens (including phenoxy) is 1. The number of nitrogens with zero attached hydrogens (tertiary/aromatic N) is 1. The number of fused-ring (bicyclic) bond motifs is 3. The van der Waals surface area contributed by atoms with Crippen LogP contribution in [-0.4, -0.2) is 41.3 Å². The lowest BCUT2D eigenvalue weighted by molar-refractivity contribution is -0.137. The van der Waals surface area contributed by atoms with Gasteiger partial charge in [0.15, 0.2) is 0 Å². The molecule has 1 amide bonds. The molecule has 1 N–H and O–H groups in total. The largest absolute Gasteiger partial charge is 0.481 e. The Morgan fingerprint density at radius 1 is 0.931 bits per heavy atom. The molecule has 4 rings (SSSR count). The average Bonchev–Trinajstić information content (AvgIpc) is 3.07. The van der Waals surface area contributed by atoms with Crippen LogP contribution in [0.4, 0.5) is 4.79 Å². The Morgan fingerprint density at radius 3 is 2.10 bits per heavy atom. The van der Waals surface area contributed by atoms with E-state index in [1.54, 1.807) is 4.90 Å². The molecule has 2 aliphatic rings. The van der Waals surface area contributed by atoms with Crippen LogP contribution in [0.25, 0.3) is 11.1 Å². The fourth-order valence-electron chi connectivity index (χ4n) is 4.71. The van der Waals surface area contributed by atoms with Crippen molar-refractivity contribution in [1.82, 2.24) is 4.90 Å². The van der Waals surface area contributed by atoms with Crippen LogP contribution in [0.2, 0.25) is 0 Å². The SMILES string of the molecule is O=C(O)CCN(C(=O)OCC1c2ccccc2-c2ccccc21)C1CCCCC1. The monoisotopic (exact) mass is 393 g/mol. The first-order valence-electron chi connectivity index (χ1n) is 10.5. The molecule has 0 aliphatic heterocycles. The van der Waals surface area contributed by atoms with Crippen LogP contribution in [0.3, 0.4) is 0 Å². The van der Waals surface area contributed by atoms with Gasteiger partial charge < -0.3 is 14.7 Å². The summed E-state index contributed by atoms with van der Waals surface area (Å²) in [6.45, 7) is 0.472. The van der Waals surface area contributed by atoms with Crippen LogP contribution in [0, 0.1) is 0 Å². The van der Waals surface area contributed by atoms with Crippen molar-refractivity contribution in [3.63, 3.8) is 0 Å². The number of rotatable bonds is 6. The third-order valence-electron chi connectivity index (χ3n) is 6.15. The number of carboxylic acids is 1. The summed E-state index contributed by atoms with van der Waals surface area (Å²) in [4.78, 5) is 25.7. The zero-order chi connectivity index (χ0) is 20.2. The molecule has 5 nitrogen and oxygen atoms in total. The molecule has 2 aromatic carbocycles. The van der Waals surface area contributed by atoms with E-state index in [1.807, 2.05) is 24.3 Å². The molecule has 0 bridgehead atoms. The summed E-state index contributed by atoms with van der Waals surface area (Å²) >= 11 is 0. The van der Waals surface area contributed by atoms with Gasteiger partial charge in [-0.1, -0.05) is 67.8 Å². The zero-order valence-electron chi connectivity index (χ0n) is 16.5. The molecule has 0 saturated heterocycles. The maximum Gasteiger partial charge on any atom is 0.410 e. The van der Waals surface area contributed by atoms with Crippen LogP contribution in [-0.2, 0) is 9.53 Å². The highest BCUT2D eigenvalue weighted by Gasteiger charge is 2.31. The fraction of sp³-hybridized carbons (Fsp3) is 0.417. The lowest BCUT2D eigenvalue weighted by atomic mass is 9.94. The van der Waals surface area contributed by atoms with Gasteiger partial charge >= 0.3 is 12.1 Å². The topological polar surface area (TPSA) is 66.8 Å². The first-order valence-corrected chi connectivity index (χ1v) is 10.5. The van der Waals surface area contributed by atoms with Crippen LogP contribution in [0.5, 0.6) is 0 Å². The van der Waals surface area contributed by atoms with Gasteiger partial charge in [0.25, 0.3) is 0 Å². The van der Waals surface area contributed by atoms with Gasteiger partial charge in [-0.3, -0.25) is 4.79 Å². The highest BCUT2D eigenvalue weighted by molar-refractivity contribution is 5.79. The second kappa shape index (κ2) is 8.68. The summed E-state index contributed by atoms with van der Waals surface area (Å²) in [5, 5.41) is 9.08. The third-order valence-corrected chi connectivity index (χ3v) is 6.15. The molecule has 2 aliphatic carbocycles. The number of benzene rings is 2. The molecule has 0 unspecified atom stereocenters. The first-order chi connectivity index (χ1) is 14.1. The molecule has 0 spiro atoms. The standard InChI is InChI=1S/C24H27NO4/c26-23(27)14-15-25(17-8-2-1-3-9-17)24(28)29-16-22-20-12-6-4-10-18(20)19-11-5-7-13-21(19)22/h4-7,10-13,17,22H,1-3,8-9,14-16H2,(H,26,27). The van der Waals surface area contributed by atoms with Gasteiger partial charge in [0, 0.05) is 18.5 Å². The number of hydrogen-bond donors (Lipinski definition) is 1. The van der Waals surface area contributed by atoms with Gasteiger partial charge in [-0.25, -0.2) is 4.79 Å². The lowest BCUT2D eigenvalue weighted by Crippen LogP contribution is -2.43. The third kappa shape index (κ3) is 4.14. The Labute approximate surface area is 171 Å². The van der Waals surface area contributed by atoms with Crippen molar-refractivity contribution >= 4 is 12.1 Å². The number of amides is 1. The number of carboxylic acid groups (broad SMARTS) is 1. The number of aliphatic carboxylic acids is 1. The van der Waals surface area contributed by atoms with Gasteiger partial charge in [0.1, 0.15) is 6.61 Å². The van der Waals surface area contributed by atoms with Crippen molar-refractivity contribution in [2.24, 2.45) is 0 Å². The molecule has 1 fully saturated rings. The maximum atomic E-state index is 12.9. The Bertz CT molecular complexity index is 842. The summed E-state index contributed by atoms with van der Waals surface area (Å²) in [7, 11) is 0. The highest BCUT2D eigenvalue weighted by Crippen LogP contribution is 2.44. The van der Waals surface area contributed by atoms with Crippen LogP contribution in [0.1, 0.15) is 55.6 Å². The van der Waals surface area contributed by atoms with Crippen molar-refractivity contribution in [3.8, 4) is 11.1 Å². The number of carbonyl (C=O) groups excluding carboxylic acids is 1. The molecule has 1 saturated carbocycles. The van der Waals surface area contributed by atoms with E-state index in [2.05, 4.69) is 24.3 Å². The van der Waals surface area contributed by atoms with E-state index in [0.29, 0.717) is 0 Å². The summed E-state index contributed by atoms with van der Waals surface area (Å²) < 4.78 is 5.78. The summed E-state index contributed by atoms with van der Waals surface area (Å²) in [5.74, 6) is -0.878. The zero-order valence-corrected chi connectivity index (χ0v) is 16.5. The summed E-state index contributed by atoms with van der Waals surface area (Å²) in [6, 6.07) is 16.6. The molecule has 2 aromatic rings. The molecule has 0 aromatic heterocycles. The van der Waals surface area contributed by atoms with E-state index in [9.17, 15) is 9.59 Å². The van der Waals surface area contributed by atoms with Crippen molar-refractivity contribution in [2.75, 3.05) is 13.2 Å². The highest BCUT2D eigenvalue weighted by atomic mass is 16.6. The molecule has 5 heteroatoms. The van der Waals surface area contributed by atoms with Crippen LogP contribution >= 0.6 is 0 Å². The van der Waals surface area contributed by atoms with E-state index in [1.165, 1.54) is 28.7 Å². The van der Waals surface area contributed by atoms with Gasteiger partial charge in [0.2, 0.25) is 0 Å². The summed E-state index contributed by atoms with van der Waals surface area (Å²) in [5.41, 5.74) is 4.74. The summed E-state index contributed by atoms with van der Waals surface area (Å²) in [6.07, 6.45) is 4.72. The molecular weight excluding hydrogens is 366 g/mol. The lowest BCUT2D eigenvalue weighted by Gasteiger charge is -2.33. The minimum atomic E-state index is -0.891. The molecule has 0 radical (unpaired) electrons. The maximum absolute atomic E-state index is 12.9. The van der Waals surface area contributed by atoms with Gasteiger partial charge in [-0.15, -0.1) is 0 Å². The normalized spacial score (nSPS) is 16.1. The predicted molar refractivity (Wildman–Crippen MR) is 111 cm³/mol. The number of carbonyl (C=O) groups is 2. The minimum Gasteiger partial charge on any atom is -0.481 e. The Hall–Kier alpha value is -2.82. The van der Waals surface area contributed by atoms with Crippen molar-refractivity contribution < 1.29 is 19.4 Å². The average molecular weight is 393 g/mol. The Kier molecular flexibility index (Phi) is 5.84. The van der Waals surface area contributed by atoms with Crippen molar-refractivity contribution in [2.45, 2.75) is 50.5 Å². The molecular formula is C24H27NO4. The molecule has 0 atom stereocenters. The molecule has 152 valence electrons. The van der Waals surface area contributed by atoms with E-state index < -0.39 is 5.97 Å². The Balaban J connectivity index is 1.49. The predicted octanol–water partition coefficient (Wildman–Crippen LogP) is 5.04. The van der Waals surface area contributed by atoms with Gasteiger partial charge in [-0.05, 0) is 35.1 Å². The smallest absolute Gasteiger partial charge is 0.410 e. The number of hydrogen-bond acceptors (Lipinski definition) is 3. The fourth-order valence-corrected chi connectivity index (χ4v) is 4.71. The van der Waals surface area contributed by atoms with Gasteiger partial charge in [0.05, 0.1) is 6.42 Å². The molecule has 29 heavy (non-hydrogen) atoms. The van der Waals surface area contributed by atoms with Crippen LogP contribution < -0.4 is 0 Å². The van der Waals surface area contributed by atoms with E-state index in [-0.39, 0.29) is 37.6 Å². The Morgan fingerprint density at radius 2 is 1.52 bits per heavy atom. The second-order valence-corrected chi connectivity index (χ2v) is 7.93. The van der Waals surface area contributed by atoms with Crippen molar-refractivity contribution in [3.05, 3.63) is 59.7 Å². The quantitative estimate of drug-likeness (QED) is 0.746. The minimum absolute atomic E-state index is 0.0130. The van der Waals surface area contributed by atoms with Gasteiger partial charge in [-0.2, -0.15) is 0 Å². The molecule has 0 heterocycles. The first kappa shape index (κ1) is 19.5. The second-order valence-electron chi connectivity index (χ2n) is 7.93. The van der Waals surface area contributed by atoms with E-state index >= 15 is 0 Å². The van der Waals surface area contributed by atoms with Crippen molar-refractivity contribution in [1.29, 1.82) is 0 Å².